The highest BCUT2D eigenvalue weighted by Gasteiger charge is 2.40. The van der Waals surface area contributed by atoms with Crippen LogP contribution in [-0.2, 0) is 9.53 Å². The fourth-order valence-electron chi connectivity index (χ4n) is 1.89. The van der Waals surface area contributed by atoms with E-state index in [0.29, 0.717) is 6.54 Å². The van der Waals surface area contributed by atoms with E-state index in [1.807, 2.05) is 13.8 Å². The molecule has 2 amide bonds. The number of carbonyl (C=O) groups excluding carboxylic acids is 1. The van der Waals surface area contributed by atoms with E-state index < -0.39 is 17.1 Å². The minimum atomic E-state index is -0.882. The lowest BCUT2D eigenvalue weighted by atomic mass is 9.74. The molecule has 1 aliphatic rings. The Hall–Kier alpha value is -1.30. The fraction of sp³-hybridized carbons (Fsp3) is 0.833. The van der Waals surface area contributed by atoms with Crippen molar-refractivity contribution in [3.8, 4) is 0 Å². The second-order valence-electron chi connectivity index (χ2n) is 5.48. The van der Waals surface area contributed by atoms with E-state index in [2.05, 4.69) is 10.6 Å². The van der Waals surface area contributed by atoms with Gasteiger partial charge in [-0.25, -0.2) is 4.79 Å². The molecule has 1 rings (SSSR count). The van der Waals surface area contributed by atoms with E-state index >= 15 is 0 Å². The summed E-state index contributed by atoms with van der Waals surface area (Å²) in [6, 6.07) is -0.332. The summed E-state index contributed by atoms with van der Waals surface area (Å²) in [4.78, 5) is 22.5. The summed E-state index contributed by atoms with van der Waals surface area (Å²) in [5, 5.41) is 14.3. The maximum Gasteiger partial charge on any atom is 0.315 e. The van der Waals surface area contributed by atoms with Crippen LogP contribution in [-0.4, -0.2) is 41.9 Å². The molecule has 0 aromatic carbocycles. The fourth-order valence-corrected chi connectivity index (χ4v) is 1.89. The van der Waals surface area contributed by atoms with Crippen molar-refractivity contribution in [2.75, 3.05) is 13.7 Å². The first-order valence-corrected chi connectivity index (χ1v) is 6.12. The van der Waals surface area contributed by atoms with Gasteiger partial charge in [0.25, 0.3) is 0 Å². The van der Waals surface area contributed by atoms with Gasteiger partial charge in [-0.1, -0.05) is 0 Å². The molecule has 1 aliphatic carbocycles. The molecule has 0 aliphatic heterocycles. The molecule has 0 spiro atoms. The van der Waals surface area contributed by atoms with E-state index in [4.69, 9.17) is 9.84 Å². The summed E-state index contributed by atoms with van der Waals surface area (Å²) < 4.78 is 5.19. The number of hydrogen-bond acceptors (Lipinski definition) is 3. The van der Waals surface area contributed by atoms with Crippen molar-refractivity contribution in [3.63, 3.8) is 0 Å². The van der Waals surface area contributed by atoms with Crippen LogP contribution in [0.4, 0.5) is 4.79 Å². The van der Waals surface area contributed by atoms with Crippen molar-refractivity contribution in [3.05, 3.63) is 0 Å². The van der Waals surface area contributed by atoms with Gasteiger partial charge in [0.15, 0.2) is 0 Å². The molecule has 6 nitrogen and oxygen atoms in total. The van der Waals surface area contributed by atoms with Gasteiger partial charge in [-0.2, -0.15) is 0 Å². The molecule has 0 saturated heterocycles. The maximum atomic E-state index is 11.7. The molecule has 104 valence electrons. The summed E-state index contributed by atoms with van der Waals surface area (Å²) >= 11 is 0. The van der Waals surface area contributed by atoms with Gasteiger partial charge in [-0.15, -0.1) is 0 Å². The van der Waals surface area contributed by atoms with Gasteiger partial charge < -0.3 is 20.5 Å². The Bertz CT molecular complexity index is 324. The predicted octanol–water partition coefficient (Wildman–Crippen LogP) is 1.11. The Balaban J connectivity index is 2.41. The molecule has 6 heteroatoms. The number of carbonyl (C=O) groups is 2. The number of methoxy groups -OCH3 is 1. The third kappa shape index (κ3) is 4.18. The third-order valence-electron chi connectivity index (χ3n) is 3.41. The molecule has 1 fully saturated rings. The van der Waals surface area contributed by atoms with E-state index in [1.165, 1.54) is 0 Å². The zero-order valence-electron chi connectivity index (χ0n) is 11.2. The average molecular weight is 258 g/mol. The summed E-state index contributed by atoms with van der Waals surface area (Å²) in [7, 11) is 1.58. The van der Waals surface area contributed by atoms with Crippen molar-refractivity contribution in [1.29, 1.82) is 0 Å². The van der Waals surface area contributed by atoms with Gasteiger partial charge >= 0.3 is 12.0 Å². The van der Waals surface area contributed by atoms with Crippen LogP contribution in [0.2, 0.25) is 0 Å². The van der Waals surface area contributed by atoms with Crippen molar-refractivity contribution in [2.24, 2.45) is 0 Å². The largest absolute Gasteiger partial charge is 0.481 e. The van der Waals surface area contributed by atoms with E-state index in [1.54, 1.807) is 7.11 Å². The lowest BCUT2D eigenvalue weighted by Gasteiger charge is -2.41. The zero-order chi connectivity index (χ0) is 13.8. The highest BCUT2D eigenvalue weighted by Crippen LogP contribution is 2.34. The van der Waals surface area contributed by atoms with Gasteiger partial charge in [0, 0.05) is 13.7 Å². The topological polar surface area (TPSA) is 87.7 Å². The Morgan fingerprint density at radius 2 is 2.00 bits per heavy atom. The average Bonchev–Trinajstić information content (AvgIpc) is 2.23. The minimum Gasteiger partial charge on any atom is -0.481 e. The van der Waals surface area contributed by atoms with Crippen LogP contribution >= 0.6 is 0 Å². The number of amides is 2. The molecule has 0 atom stereocenters. The second kappa shape index (κ2) is 5.56. The van der Waals surface area contributed by atoms with Crippen LogP contribution in [0.25, 0.3) is 0 Å². The number of aliphatic carboxylic acids is 1. The molecule has 0 aromatic heterocycles. The normalized spacial score (nSPS) is 17.7. The van der Waals surface area contributed by atoms with Gasteiger partial charge in [-0.3, -0.25) is 4.79 Å². The molecule has 0 aromatic rings. The van der Waals surface area contributed by atoms with Crippen molar-refractivity contribution < 1.29 is 19.4 Å². The highest BCUT2D eigenvalue weighted by molar-refractivity contribution is 5.77. The summed E-state index contributed by atoms with van der Waals surface area (Å²) in [5.74, 6) is -0.882. The lowest BCUT2D eigenvalue weighted by Crippen LogP contribution is -2.58. The monoisotopic (exact) mass is 258 g/mol. The number of carboxylic acids is 1. The molecule has 0 bridgehead atoms. The van der Waals surface area contributed by atoms with Crippen LogP contribution in [0.5, 0.6) is 0 Å². The van der Waals surface area contributed by atoms with Crippen molar-refractivity contribution >= 4 is 12.0 Å². The first kappa shape index (κ1) is 14.8. The summed E-state index contributed by atoms with van der Waals surface area (Å²) in [6.07, 6.45) is 2.38. The first-order valence-electron chi connectivity index (χ1n) is 6.12. The number of rotatable bonds is 6. The van der Waals surface area contributed by atoms with Crippen molar-refractivity contribution in [1.82, 2.24) is 10.6 Å². The Labute approximate surface area is 107 Å². The second-order valence-corrected chi connectivity index (χ2v) is 5.48. The Morgan fingerprint density at radius 3 is 2.39 bits per heavy atom. The third-order valence-corrected chi connectivity index (χ3v) is 3.41. The van der Waals surface area contributed by atoms with Crippen LogP contribution in [0.15, 0.2) is 0 Å². The number of urea groups is 1. The van der Waals surface area contributed by atoms with Crippen LogP contribution in [0, 0.1) is 0 Å². The van der Waals surface area contributed by atoms with Crippen LogP contribution in [0.1, 0.15) is 39.5 Å². The molecule has 3 N–H and O–H groups in total. The van der Waals surface area contributed by atoms with Gasteiger partial charge in [0.1, 0.15) is 0 Å². The summed E-state index contributed by atoms with van der Waals surface area (Å²) in [5.41, 5.74) is -0.996. The predicted molar refractivity (Wildman–Crippen MR) is 66.5 cm³/mol. The van der Waals surface area contributed by atoms with E-state index in [-0.39, 0.29) is 12.5 Å². The molecule has 1 saturated carbocycles. The van der Waals surface area contributed by atoms with Crippen molar-refractivity contribution in [2.45, 2.75) is 50.7 Å². The molecule has 18 heavy (non-hydrogen) atoms. The molecule has 0 unspecified atom stereocenters. The quantitative estimate of drug-likeness (QED) is 0.666. The van der Waals surface area contributed by atoms with Gasteiger partial charge in [0.2, 0.25) is 0 Å². The minimum absolute atomic E-state index is 0.0198. The zero-order valence-corrected chi connectivity index (χ0v) is 11.2. The van der Waals surface area contributed by atoms with Gasteiger partial charge in [0.05, 0.1) is 17.6 Å². The first-order chi connectivity index (χ1) is 8.29. The molecular weight excluding hydrogens is 236 g/mol. The number of ether oxygens (including phenoxy) is 1. The van der Waals surface area contributed by atoms with E-state index in [0.717, 1.165) is 19.3 Å². The highest BCUT2D eigenvalue weighted by atomic mass is 16.5. The number of carboxylic acid groups (broad SMARTS) is 1. The smallest absolute Gasteiger partial charge is 0.315 e. The van der Waals surface area contributed by atoms with Gasteiger partial charge in [-0.05, 0) is 33.1 Å². The summed E-state index contributed by atoms with van der Waals surface area (Å²) in [6.45, 7) is 4.10. The molecular formula is C12H22N2O4. The maximum absolute atomic E-state index is 11.7. The lowest BCUT2D eigenvalue weighted by molar-refractivity contribution is -0.139. The number of hydrogen-bond donors (Lipinski definition) is 3. The standard InChI is InChI=1S/C12H22N2O4/c1-11(2,18-3)8-13-10(17)14-12(5-4-6-12)7-9(15)16/h4-8H2,1-3H3,(H,15,16)(H2,13,14,17). The van der Waals surface area contributed by atoms with Crippen LogP contribution in [0.3, 0.4) is 0 Å². The Kier molecular flexibility index (Phi) is 4.56. The molecule has 0 radical (unpaired) electrons. The Morgan fingerprint density at radius 1 is 1.39 bits per heavy atom. The van der Waals surface area contributed by atoms with Crippen LogP contribution < -0.4 is 10.6 Å². The van der Waals surface area contributed by atoms with E-state index in [9.17, 15) is 9.59 Å². The number of nitrogens with one attached hydrogen (secondary N) is 2. The SMILES string of the molecule is COC(C)(C)CNC(=O)NC1(CC(=O)O)CCC1. The molecule has 0 heterocycles.